The monoisotopic (exact) mass is 350 g/mol. The Bertz CT molecular complexity index is 678. The molecule has 0 unspecified atom stereocenters. The molecule has 2 aromatic rings. The molecule has 0 aliphatic carbocycles. The van der Waals surface area contributed by atoms with Gasteiger partial charge in [0.15, 0.2) is 11.5 Å². The summed E-state index contributed by atoms with van der Waals surface area (Å²) in [4.78, 5) is 12.2. The number of amides is 1. The van der Waals surface area contributed by atoms with Crippen LogP contribution in [0.5, 0.6) is 11.5 Å². The van der Waals surface area contributed by atoms with E-state index in [0.717, 1.165) is 10.0 Å². The molecule has 1 amide bonds. The molecule has 0 saturated carbocycles. The van der Waals surface area contributed by atoms with Gasteiger partial charge in [0.05, 0.1) is 18.5 Å². The number of rotatable bonds is 3. The molecule has 0 aliphatic rings. The lowest BCUT2D eigenvalue weighted by atomic mass is 10.1. The van der Waals surface area contributed by atoms with Crippen LogP contribution in [-0.4, -0.2) is 18.1 Å². The van der Waals surface area contributed by atoms with Gasteiger partial charge in [0.2, 0.25) is 0 Å². The Hall–Kier alpha value is -2.21. The number of nitrogen functional groups attached to an aromatic ring is 1. The first-order valence-electron chi connectivity index (χ1n) is 6.16. The Morgan fingerprint density at radius 1 is 1.33 bits per heavy atom. The summed E-state index contributed by atoms with van der Waals surface area (Å²) >= 11 is 3.34. The van der Waals surface area contributed by atoms with Crippen LogP contribution >= 0.6 is 15.9 Å². The molecule has 0 aromatic heterocycles. The molecule has 0 saturated heterocycles. The van der Waals surface area contributed by atoms with E-state index in [1.165, 1.54) is 19.2 Å². The van der Waals surface area contributed by atoms with Gasteiger partial charge >= 0.3 is 0 Å². The fourth-order valence-electron chi connectivity index (χ4n) is 1.96. The zero-order valence-corrected chi connectivity index (χ0v) is 13.2. The number of halogens is 1. The number of nitrogens with one attached hydrogen (secondary N) is 1. The first kappa shape index (κ1) is 15.2. The van der Waals surface area contributed by atoms with Crippen molar-refractivity contribution in [3.63, 3.8) is 0 Å². The van der Waals surface area contributed by atoms with E-state index in [4.69, 9.17) is 10.5 Å². The Morgan fingerprint density at radius 2 is 2.05 bits per heavy atom. The lowest BCUT2D eigenvalue weighted by molar-refractivity contribution is 0.102. The summed E-state index contributed by atoms with van der Waals surface area (Å²) in [5.41, 5.74) is 8.09. The second kappa shape index (κ2) is 6.05. The summed E-state index contributed by atoms with van der Waals surface area (Å²) in [7, 11) is 1.45. The quantitative estimate of drug-likeness (QED) is 0.741. The van der Waals surface area contributed by atoms with Crippen molar-refractivity contribution in [2.45, 2.75) is 6.92 Å². The van der Waals surface area contributed by atoms with Crippen molar-refractivity contribution in [3.05, 3.63) is 45.9 Å². The summed E-state index contributed by atoms with van der Waals surface area (Å²) < 4.78 is 5.79. The molecule has 0 fully saturated rings. The molecule has 5 nitrogen and oxygen atoms in total. The van der Waals surface area contributed by atoms with Crippen LogP contribution in [-0.2, 0) is 0 Å². The van der Waals surface area contributed by atoms with Crippen molar-refractivity contribution < 1.29 is 14.6 Å². The minimum atomic E-state index is -0.356. The normalized spacial score (nSPS) is 10.2. The summed E-state index contributed by atoms with van der Waals surface area (Å²) in [6.07, 6.45) is 0. The predicted octanol–water partition coefficient (Wildman–Crippen LogP) is 3.31. The lowest BCUT2D eigenvalue weighted by Gasteiger charge is -2.12. The van der Waals surface area contributed by atoms with E-state index in [1.54, 1.807) is 12.1 Å². The molecule has 110 valence electrons. The zero-order chi connectivity index (χ0) is 15.6. The van der Waals surface area contributed by atoms with E-state index in [9.17, 15) is 9.90 Å². The number of methoxy groups -OCH3 is 1. The van der Waals surface area contributed by atoms with Crippen LogP contribution in [0.2, 0.25) is 0 Å². The minimum absolute atomic E-state index is 0.0920. The number of hydrogen-bond donors (Lipinski definition) is 3. The van der Waals surface area contributed by atoms with Gasteiger partial charge in [-0.3, -0.25) is 4.79 Å². The molecule has 0 radical (unpaired) electrons. The van der Waals surface area contributed by atoms with E-state index in [1.807, 2.05) is 13.0 Å². The molecule has 2 aromatic carbocycles. The fourth-order valence-corrected chi connectivity index (χ4v) is 2.55. The molecule has 0 aliphatic heterocycles. The van der Waals surface area contributed by atoms with Gasteiger partial charge in [-0.05, 0) is 42.8 Å². The van der Waals surface area contributed by atoms with Gasteiger partial charge < -0.3 is 20.9 Å². The number of aryl methyl sites for hydroxylation is 1. The van der Waals surface area contributed by atoms with E-state index in [0.29, 0.717) is 22.7 Å². The van der Waals surface area contributed by atoms with Crippen molar-refractivity contribution in [1.82, 2.24) is 0 Å². The molecule has 0 atom stereocenters. The summed E-state index contributed by atoms with van der Waals surface area (Å²) in [6.45, 7) is 1.85. The number of ether oxygens (including phenoxy) is 1. The molecule has 0 bridgehead atoms. The highest BCUT2D eigenvalue weighted by Crippen LogP contribution is 2.30. The molecule has 21 heavy (non-hydrogen) atoms. The highest BCUT2D eigenvalue weighted by atomic mass is 79.9. The number of phenolic OH excluding ortho intramolecular Hbond substituents is 1. The Balaban J connectivity index is 2.28. The molecule has 0 heterocycles. The number of carbonyl (C=O) groups is 1. The maximum absolute atomic E-state index is 12.2. The third-order valence-corrected chi connectivity index (χ3v) is 3.47. The van der Waals surface area contributed by atoms with E-state index in [2.05, 4.69) is 21.2 Å². The summed E-state index contributed by atoms with van der Waals surface area (Å²) in [6, 6.07) is 8.02. The SMILES string of the molecule is COc1ccc(C(=O)Nc2c(C)cc(Br)cc2N)cc1O. The van der Waals surface area contributed by atoms with E-state index < -0.39 is 0 Å². The zero-order valence-electron chi connectivity index (χ0n) is 11.6. The van der Waals surface area contributed by atoms with Crippen LogP contribution in [0.15, 0.2) is 34.8 Å². The van der Waals surface area contributed by atoms with Crippen molar-refractivity contribution in [1.29, 1.82) is 0 Å². The van der Waals surface area contributed by atoms with Gasteiger partial charge in [-0.15, -0.1) is 0 Å². The number of aromatic hydroxyl groups is 1. The van der Waals surface area contributed by atoms with E-state index >= 15 is 0 Å². The third kappa shape index (κ3) is 3.28. The number of nitrogens with two attached hydrogens (primary N) is 1. The summed E-state index contributed by atoms with van der Waals surface area (Å²) in [5.74, 6) is -0.137. The predicted molar refractivity (Wildman–Crippen MR) is 85.9 cm³/mol. The topological polar surface area (TPSA) is 84.6 Å². The van der Waals surface area contributed by atoms with Gasteiger partial charge in [-0.25, -0.2) is 0 Å². The average molecular weight is 351 g/mol. The van der Waals surface area contributed by atoms with Gasteiger partial charge in [0.1, 0.15) is 0 Å². The highest BCUT2D eigenvalue weighted by molar-refractivity contribution is 9.10. The Kier molecular flexibility index (Phi) is 4.37. The fraction of sp³-hybridized carbons (Fsp3) is 0.133. The number of carbonyl (C=O) groups excluding carboxylic acids is 1. The number of hydrogen-bond acceptors (Lipinski definition) is 4. The molecule has 0 spiro atoms. The first-order chi connectivity index (χ1) is 9.92. The molecular weight excluding hydrogens is 336 g/mol. The maximum Gasteiger partial charge on any atom is 0.255 e. The molecular formula is C15H15BrN2O3. The van der Waals surface area contributed by atoms with Gasteiger partial charge in [0, 0.05) is 10.0 Å². The lowest BCUT2D eigenvalue weighted by Crippen LogP contribution is -2.14. The van der Waals surface area contributed by atoms with Crippen LogP contribution in [0.3, 0.4) is 0 Å². The van der Waals surface area contributed by atoms with Gasteiger partial charge in [-0.2, -0.15) is 0 Å². The van der Waals surface area contributed by atoms with Crippen molar-refractivity contribution in [2.24, 2.45) is 0 Å². The standard InChI is InChI=1S/C15H15BrN2O3/c1-8-5-10(16)7-11(17)14(8)18-15(20)9-3-4-13(21-2)12(19)6-9/h3-7,19H,17H2,1-2H3,(H,18,20). The highest BCUT2D eigenvalue weighted by Gasteiger charge is 2.13. The first-order valence-corrected chi connectivity index (χ1v) is 6.95. The van der Waals surface area contributed by atoms with Crippen LogP contribution in [0.25, 0.3) is 0 Å². The van der Waals surface area contributed by atoms with Crippen molar-refractivity contribution >= 4 is 33.2 Å². The summed E-state index contributed by atoms with van der Waals surface area (Å²) in [5, 5.41) is 12.5. The second-order valence-electron chi connectivity index (χ2n) is 4.53. The molecule has 2 rings (SSSR count). The number of phenols is 1. The minimum Gasteiger partial charge on any atom is -0.504 e. The van der Waals surface area contributed by atoms with Gasteiger partial charge in [-0.1, -0.05) is 15.9 Å². The molecule has 4 N–H and O–H groups in total. The van der Waals surface area contributed by atoms with Crippen LogP contribution in [0.1, 0.15) is 15.9 Å². The van der Waals surface area contributed by atoms with Crippen molar-refractivity contribution in [3.8, 4) is 11.5 Å². The largest absolute Gasteiger partial charge is 0.504 e. The Morgan fingerprint density at radius 3 is 2.62 bits per heavy atom. The van der Waals surface area contributed by atoms with Crippen LogP contribution in [0.4, 0.5) is 11.4 Å². The van der Waals surface area contributed by atoms with Crippen LogP contribution < -0.4 is 15.8 Å². The smallest absolute Gasteiger partial charge is 0.255 e. The maximum atomic E-state index is 12.2. The van der Waals surface area contributed by atoms with Gasteiger partial charge in [0.25, 0.3) is 5.91 Å². The number of benzene rings is 2. The Labute approximate surface area is 130 Å². The van der Waals surface area contributed by atoms with Crippen LogP contribution in [0, 0.1) is 6.92 Å². The number of anilines is 2. The average Bonchev–Trinajstić information content (AvgIpc) is 2.42. The van der Waals surface area contributed by atoms with E-state index in [-0.39, 0.29) is 11.7 Å². The third-order valence-electron chi connectivity index (χ3n) is 3.01. The second-order valence-corrected chi connectivity index (χ2v) is 5.44. The molecule has 6 heteroatoms. The van der Waals surface area contributed by atoms with Crippen molar-refractivity contribution in [2.75, 3.05) is 18.2 Å².